The van der Waals surface area contributed by atoms with E-state index in [1.807, 2.05) is 6.20 Å². The van der Waals surface area contributed by atoms with Gasteiger partial charge >= 0.3 is 0 Å². The topological polar surface area (TPSA) is 61.3 Å². The van der Waals surface area contributed by atoms with E-state index in [0.717, 1.165) is 30.8 Å². The van der Waals surface area contributed by atoms with Gasteiger partial charge in [0.2, 0.25) is 5.28 Å². The highest BCUT2D eigenvalue weighted by molar-refractivity contribution is 6.28. The third-order valence-electron chi connectivity index (χ3n) is 5.11. The maximum Gasteiger partial charge on any atom is 0.224 e. The van der Waals surface area contributed by atoms with Gasteiger partial charge in [-0.3, -0.25) is 5.32 Å². The first-order chi connectivity index (χ1) is 9.71. The van der Waals surface area contributed by atoms with Gasteiger partial charge in [-0.25, -0.2) is 9.97 Å². The molecule has 0 amide bonds. The van der Waals surface area contributed by atoms with Gasteiger partial charge in [0.05, 0.1) is 5.54 Å². The van der Waals surface area contributed by atoms with Gasteiger partial charge in [0, 0.05) is 24.2 Å². The van der Waals surface area contributed by atoms with Crippen molar-refractivity contribution in [3.63, 3.8) is 0 Å². The molecule has 2 atom stereocenters. The molecule has 1 aromatic rings. The molecular formula is C14H19ClN4O. The Hall–Kier alpha value is -0.910. The van der Waals surface area contributed by atoms with Crippen molar-refractivity contribution in [2.24, 2.45) is 0 Å². The largest absolute Gasteiger partial charge is 0.376 e. The van der Waals surface area contributed by atoms with Crippen molar-refractivity contribution in [2.75, 3.05) is 11.4 Å². The van der Waals surface area contributed by atoms with Crippen LogP contribution in [0, 0.1) is 0 Å². The molecule has 3 heterocycles. The lowest BCUT2D eigenvalue weighted by atomic mass is 9.90. The molecule has 1 aliphatic carbocycles. The van der Waals surface area contributed by atoms with Crippen LogP contribution in [-0.4, -0.2) is 39.4 Å². The monoisotopic (exact) mass is 294 g/mol. The van der Waals surface area contributed by atoms with Crippen LogP contribution in [0.2, 0.25) is 5.28 Å². The first kappa shape index (κ1) is 12.8. The second kappa shape index (κ2) is 4.55. The molecule has 1 aromatic heterocycles. The van der Waals surface area contributed by atoms with E-state index in [2.05, 4.69) is 20.2 Å². The average molecular weight is 295 g/mol. The van der Waals surface area contributed by atoms with Crippen molar-refractivity contribution in [1.29, 1.82) is 0 Å². The van der Waals surface area contributed by atoms with Crippen LogP contribution in [0.15, 0.2) is 6.20 Å². The summed E-state index contributed by atoms with van der Waals surface area (Å²) in [6.45, 7) is 0.847. The molecule has 3 aliphatic rings. The Bertz CT molecular complexity index is 534. The van der Waals surface area contributed by atoms with Gasteiger partial charge < -0.3 is 10.0 Å². The number of nitrogens with zero attached hydrogens (tertiary/aromatic N) is 3. The van der Waals surface area contributed by atoms with Crippen LogP contribution in [0.1, 0.15) is 37.7 Å². The van der Waals surface area contributed by atoms with Crippen molar-refractivity contribution in [1.82, 2.24) is 15.3 Å². The number of hydrogen-bond donors (Lipinski definition) is 2. The van der Waals surface area contributed by atoms with Crippen molar-refractivity contribution >= 4 is 17.4 Å². The number of aliphatic hydroxyl groups is 1. The minimum Gasteiger partial charge on any atom is -0.376 e. The Balaban J connectivity index is 1.82. The summed E-state index contributed by atoms with van der Waals surface area (Å²) in [5.41, 5.74) is 0.862. The standard InChI is InChI=1S/C14H19ClN4O/c15-13-17-8-9-7-14(5-6-16-12(14)20)19(11(9)18-13)10-3-1-2-4-10/h8,10,12,16,20H,1-7H2. The van der Waals surface area contributed by atoms with E-state index in [4.69, 9.17) is 11.6 Å². The molecule has 6 heteroatoms. The average Bonchev–Trinajstić information content (AvgIpc) is 3.11. The van der Waals surface area contributed by atoms with Crippen LogP contribution in [-0.2, 0) is 6.42 Å². The number of fused-ring (bicyclic) bond motifs is 1. The lowest BCUT2D eigenvalue weighted by molar-refractivity contribution is 0.0857. The molecule has 0 radical (unpaired) electrons. The van der Waals surface area contributed by atoms with Crippen molar-refractivity contribution in [3.8, 4) is 0 Å². The molecule has 0 bridgehead atoms. The summed E-state index contributed by atoms with van der Waals surface area (Å²) >= 11 is 6.00. The fourth-order valence-corrected chi connectivity index (χ4v) is 4.35. The molecule has 1 saturated heterocycles. The van der Waals surface area contributed by atoms with E-state index in [9.17, 15) is 5.11 Å². The fourth-order valence-electron chi connectivity index (χ4n) is 4.22. The maximum atomic E-state index is 10.5. The van der Waals surface area contributed by atoms with Gasteiger partial charge in [-0.1, -0.05) is 12.8 Å². The molecule has 2 fully saturated rings. The summed E-state index contributed by atoms with van der Waals surface area (Å²) < 4.78 is 0. The number of nitrogens with one attached hydrogen (secondary N) is 1. The number of hydrogen-bond acceptors (Lipinski definition) is 5. The van der Waals surface area contributed by atoms with Crippen LogP contribution in [0.5, 0.6) is 0 Å². The van der Waals surface area contributed by atoms with E-state index < -0.39 is 6.23 Å². The normalized spacial score (nSPS) is 33.3. The first-order valence-electron chi connectivity index (χ1n) is 7.43. The van der Waals surface area contributed by atoms with Gasteiger partial charge in [0.1, 0.15) is 12.0 Å². The maximum absolute atomic E-state index is 10.5. The van der Waals surface area contributed by atoms with Gasteiger partial charge in [-0.2, -0.15) is 0 Å². The molecule has 2 unspecified atom stereocenters. The van der Waals surface area contributed by atoms with E-state index >= 15 is 0 Å². The Labute approximate surface area is 123 Å². The Morgan fingerprint density at radius 3 is 2.90 bits per heavy atom. The van der Waals surface area contributed by atoms with Crippen molar-refractivity contribution in [2.45, 2.75) is 56.3 Å². The summed E-state index contributed by atoms with van der Waals surface area (Å²) in [5, 5.41) is 14.0. The van der Waals surface area contributed by atoms with E-state index in [-0.39, 0.29) is 5.54 Å². The van der Waals surface area contributed by atoms with Crippen LogP contribution < -0.4 is 10.2 Å². The molecular weight excluding hydrogens is 276 g/mol. The van der Waals surface area contributed by atoms with E-state index in [1.165, 1.54) is 25.7 Å². The molecule has 0 aromatic carbocycles. The molecule has 20 heavy (non-hydrogen) atoms. The predicted octanol–water partition coefficient (Wildman–Crippen LogP) is 1.49. The lowest BCUT2D eigenvalue weighted by Gasteiger charge is -2.42. The number of halogens is 1. The number of rotatable bonds is 1. The number of aromatic nitrogens is 2. The minimum atomic E-state index is -0.504. The number of aliphatic hydroxyl groups excluding tert-OH is 1. The molecule has 108 valence electrons. The minimum absolute atomic E-state index is 0.253. The van der Waals surface area contributed by atoms with Crippen LogP contribution in [0.25, 0.3) is 0 Å². The van der Waals surface area contributed by atoms with E-state index in [0.29, 0.717) is 11.3 Å². The summed E-state index contributed by atoms with van der Waals surface area (Å²) in [5.74, 6) is 0.944. The Kier molecular flexibility index (Phi) is 2.91. The summed E-state index contributed by atoms with van der Waals surface area (Å²) in [6.07, 6.45) is 7.94. The van der Waals surface area contributed by atoms with Crippen molar-refractivity contribution < 1.29 is 5.11 Å². The smallest absolute Gasteiger partial charge is 0.224 e. The van der Waals surface area contributed by atoms with Gasteiger partial charge in [-0.05, 0) is 37.4 Å². The van der Waals surface area contributed by atoms with Gasteiger partial charge in [0.25, 0.3) is 0 Å². The predicted molar refractivity (Wildman–Crippen MR) is 76.8 cm³/mol. The SMILES string of the molecule is OC1NCCC12Cc1cnc(Cl)nc1N2C1CCCC1. The Morgan fingerprint density at radius 1 is 1.40 bits per heavy atom. The summed E-state index contributed by atoms with van der Waals surface area (Å²) in [4.78, 5) is 11.0. The zero-order chi connectivity index (χ0) is 13.7. The lowest BCUT2D eigenvalue weighted by Crippen LogP contribution is -2.58. The summed E-state index contributed by atoms with van der Waals surface area (Å²) in [7, 11) is 0. The number of anilines is 1. The molecule has 1 saturated carbocycles. The highest BCUT2D eigenvalue weighted by Crippen LogP contribution is 2.46. The highest BCUT2D eigenvalue weighted by Gasteiger charge is 2.54. The highest BCUT2D eigenvalue weighted by atomic mass is 35.5. The molecule has 2 N–H and O–H groups in total. The Morgan fingerprint density at radius 2 is 2.20 bits per heavy atom. The second-order valence-corrected chi connectivity index (χ2v) is 6.52. The second-order valence-electron chi connectivity index (χ2n) is 6.18. The van der Waals surface area contributed by atoms with Gasteiger partial charge in [-0.15, -0.1) is 0 Å². The first-order valence-corrected chi connectivity index (χ1v) is 7.81. The van der Waals surface area contributed by atoms with Crippen LogP contribution in [0.3, 0.4) is 0 Å². The zero-order valence-corrected chi connectivity index (χ0v) is 12.1. The summed E-state index contributed by atoms with van der Waals surface area (Å²) in [6, 6.07) is 0.469. The third kappa shape index (κ3) is 1.70. The van der Waals surface area contributed by atoms with Crippen LogP contribution >= 0.6 is 11.6 Å². The molecule has 1 spiro atoms. The quantitative estimate of drug-likeness (QED) is 0.769. The zero-order valence-electron chi connectivity index (χ0n) is 11.3. The molecule has 5 nitrogen and oxygen atoms in total. The third-order valence-corrected chi connectivity index (χ3v) is 5.29. The van der Waals surface area contributed by atoms with Gasteiger partial charge in [0.15, 0.2) is 0 Å². The van der Waals surface area contributed by atoms with Crippen molar-refractivity contribution in [3.05, 3.63) is 17.0 Å². The molecule has 2 aliphatic heterocycles. The fraction of sp³-hybridized carbons (Fsp3) is 0.714. The van der Waals surface area contributed by atoms with Crippen LogP contribution in [0.4, 0.5) is 5.82 Å². The molecule has 4 rings (SSSR count). The van der Waals surface area contributed by atoms with E-state index in [1.54, 1.807) is 0 Å².